The van der Waals surface area contributed by atoms with Crippen LogP contribution in [0.1, 0.15) is 33.3 Å². The fourth-order valence-corrected chi connectivity index (χ4v) is 3.68. The molecule has 10 heteroatoms. The summed E-state index contributed by atoms with van der Waals surface area (Å²) in [6.07, 6.45) is 0. The quantitative estimate of drug-likeness (QED) is 0.235. The van der Waals surface area contributed by atoms with Crippen molar-refractivity contribution in [1.29, 1.82) is 0 Å². The molecule has 4 rings (SSSR count). The van der Waals surface area contributed by atoms with Gasteiger partial charge >= 0.3 is 5.69 Å². The maximum absolute atomic E-state index is 12.7. The number of amides is 1. The number of ether oxygens (including phenoxy) is 1. The number of nitrogens with zero attached hydrogens (tertiary/aromatic N) is 3. The van der Waals surface area contributed by atoms with Crippen LogP contribution >= 0.6 is 15.9 Å². The third kappa shape index (κ3) is 5.18. The van der Waals surface area contributed by atoms with E-state index in [4.69, 9.17) is 9.15 Å². The van der Waals surface area contributed by atoms with Gasteiger partial charge in [0.25, 0.3) is 5.91 Å². The number of carbonyl (C=O) groups is 1. The molecular formula is C24H21BrN4O5. The Balaban J connectivity index is 1.40. The number of nitro groups is 1. The molecule has 0 aliphatic carbocycles. The zero-order valence-corrected chi connectivity index (χ0v) is 20.0. The lowest BCUT2D eigenvalue weighted by molar-refractivity contribution is -0.386. The van der Waals surface area contributed by atoms with Crippen molar-refractivity contribution in [2.24, 2.45) is 0 Å². The van der Waals surface area contributed by atoms with Crippen LogP contribution in [0.25, 0.3) is 0 Å². The van der Waals surface area contributed by atoms with Gasteiger partial charge in [0.15, 0.2) is 11.5 Å². The molecule has 0 unspecified atom stereocenters. The minimum absolute atomic E-state index is 0.0498. The highest BCUT2D eigenvalue weighted by molar-refractivity contribution is 9.10. The highest BCUT2D eigenvalue weighted by Crippen LogP contribution is 2.27. The van der Waals surface area contributed by atoms with E-state index in [1.165, 1.54) is 18.2 Å². The van der Waals surface area contributed by atoms with E-state index in [9.17, 15) is 14.9 Å². The molecule has 1 N–H and O–H groups in total. The number of benzene rings is 2. The molecule has 0 saturated carbocycles. The number of aromatic nitrogens is 2. The monoisotopic (exact) mass is 524 g/mol. The first-order valence-electron chi connectivity index (χ1n) is 10.4. The first-order valence-corrected chi connectivity index (χ1v) is 11.2. The van der Waals surface area contributed by atoms with E-state index in [1.54, 1.807) is 24.3 Å². The van der Waals surface area contributed by atoms with Crippen LogP contribution in [0.2, 0.25) is 0 Å². The molecule has 2 aromatic carbocycles. The number of para-hydroxylation sites is 2. The van der Waals surface area contributed by atoms with Crippen LogP contribution < -0.4 is 10.1 Å². The van der Waals surface area contributed by atoms with Gasteiger partial charge in [-0.15, -0.1) is 0 Å². The van der Waals surface area contributed by atoms with Crippen LogP contribution in [0, 0.1) is 24.0 Å². The van der Waals surface area contributed by atoms with Crippen molar-refractivity contribution in [2.45, 2.75) is 27.0 Å². The van der Waals surface area contributed by atoms with Gasteiger partial charge in [0, 0.05) is 11.8 Å². The van der Waals surface area contributed by atoms with Gasteiger partial charge < -0.3 is 14.5 Å². The second kappa shape index (κ2) is 9.92. The molecule has 174 valence electrons. The lowest BCUT2D eigenvalue weighted by atomic mass is 10.2. The van der Waals surface area contributed by atoms with Gasteiger partial charge in [0.1, 0.15) is 12.4 Å². The van der Waals surface area contributed by atoms with Crippen molar-refractivity contribution in [1.82, 2.24) is 9.78 Å². The Kier molecular flexibility index (Phi) is 6.78. The number of nitrogens with one attached hydrogen (secondary N) is 1. The predicted molar refractivity (Wildman–Crippen MR) is 129 cm³/mol. The average Bonchev–Trinajstić information content (AvgIpc) is 3.39. The first-order chi connectivity index (χ1) is 16.3. The molecule has 0 aliphatic rings. The van der Waals surface area contributed by atoms with Crippen molar-refractivity contribution in [3.63, 3.8) is 0 Å². The fourth-order valence-electron chi connectivity index (χ4n) is 3.40. The van der Waals surface area contributed by atoms with Gasteiger partial charge in [-0.05, 0) is 65.7 Å². The Bertz CT molecular complexity index is 1360. The largest absolute Gasteiger partial charge is 0.479 e. The normalized spacial score (nSPS) is 10.8. The van der Waals surface area contributed by atoms with E-state index in [-0.39, 0.29) is 23.8 Å². The predicted octanol–water partition coefficient (Wildman–Crippen LogP) is 5.64. The minimum atomic E-state index is -0.516. The van der Waals surface area contributed by atoms with Gasteiger partial charge in [-0.2, -0.15) is 5.10 Å². The maximum atomic E-state index is 12.7. The maximum Gasteiger partial charge on any atom is 0.310 e. The van der Waals surface area contributed by atoms with E-state index in [2.05, 4.69) is 26.3 Å². The molecule has 1 amide bonds. The van der Waals surface area contributed by atoms with Gasteiger partial charge in [-0.3, -0.25) is 19.6 Å². The standard InChI is InChI=1S/C24H21BrN4O5/c1-15-23(25)16(2)28(27-15)13-17-6-5-7-18(12-17)26-24(30)22-11-10-19(34-22)14-33-21-9-4-3-8-20(21)29(31)32/h3-12H,13-14H2,1-2H3,(H,26,30). The Morgan fingerprint density at radius 3 is 2.71 bits per heavy atom. The third-order valence-corrected chi connectivity index (χ3v) is 6.28. The summed E-state index contributed by atoms with van der Waals surface area (Å²) in [5.41, 5.74) is 3.41. The second-order valence-electron chi connectivity index (χ2n) is 7.58. The van der Waals surface area contributed by atoms with Crippen molar-refractivity contribution >= 4 is 33.2 Å². The zero-order chi connectivity index (χ0) is 24.2. The summed E-state index contributed by atoms with van der Waals surface area (Å²) in [7, 11) is 0. The van der Waals surface area contributed by atoms with Crippen molar-refractivity contribution in [2.75, 3.05) is 5.32 Å². The zero-order valence-electron chi connectivity index (χ0n) is 18.4. The summed E-state index contributed by atoms with van der Waals surface area (Å²) in [4.78, 5) is 23.2. The molecule has 9 nitrogen and oxygen atoms in total. The number of hydrogen-bond acceptors (Lipinski definition) is 6. The summed E-state index contributed by atoms with van der Waals surface area (Å²) in [6, 6.07) is 16.7. The van der Waals surface area contributed by atoms with E-state index < -0.39 is 10.8 Å². The van der Waals surface area contributed by atoms with Crippen LogP contribution in [-0.4, -0.2) is 20.6 Å². The van der Waals surface area contributed by atoms with Crippen LogP contribution in [0.5, 0.6) is 5.75 Å². The molecule has 0 fully saturated rings. The summed E-state index contributed by atoms with van der Waals surface area (Å²) in [5.74, 6) is 0.186. The van der Waals surface area contributed by atoms with Crippen LogP contribution in [0.15, 0.2) is 69.6 Å². The van der Waals surface area contributed by atoms with Gasteiger partial charge in [-0.25, -0.2) is 0 Å². The Morgan fingerprint density at radius 2 is 1.97 bits per heavy atom. The van der Waals surface area contributed by atoms with Crippen LogP contribution in [-0.2, 0) is 13.2 Å². The second-order valence-corrected chi connectivity index (χ2v) is 8.37. The summed E-state index contributed by atoms with van der Waals surface area (Å²) >= 11 is 3.53. The Hall–Kier alpha value is -3.92. The number of nitro benzene ring substituents is 1. The van der Waals surface area contributed by atoms with Crippen molar-refractivity contribution in [3.05, 3.63) is 104 Å². The van der Waals surface area contributed by atoms with E-state index in [0.717, 1.165) is 21.4 Å². The minimum Gasteiger partial charge on any atom is -0.479 e. The number of rotatable bonds is 8. The molecule has 2 heterocycles. The van der Waals surface area contributed by atoms with Gasteiger partial charge in [0.05, 0.1) is 27.3 Å². The molecule has 0 bridgehead atoms. The van der Waals surface area contributed by atoms with E-state index in [1.807, 2.05) is 36.7 Å². The molecule has 0 spiro atoms. The van der Waals surface area contributed by atoms with E-state index >= 15 is 0 Å². The molecule has 4 aromatic rings. The SMILES string of the molecule is Cc1nn(Cc2cccc(NC(=O)c3ccc(COc4ccccc4[N+](=O)[O-])o3)c2)c(C)c1Br. The van der Waals surface area contributed by atoms with Crippen LogP contribution in [0.4, 0.5) is 11.4 Å². The number of halogens is 1. The molecule has 2 aromatic heterocycles. The van der Waals surface area contributed by atoms with Crippen molar-refractivity contribution in [3.8, 4) is 5.75 Å². The van der Waals surface area contributed by atoms with E-state index in [0.29, 0.717) is 18.0 Å². The fraction of sp³-hybridized carbons (Fsp3) is 0.167. The lowest BCUT2D eigenvalue weighted by Gasteiger charge is -2.08. The lowest BCUT2D eigenvalue weighted by Crippen LogP contribution is -2.11. The molecule has 0 aliphatic heterocycles. The number of furan rings is 1. The number of aryl methyl sites for hydroxylation is 1. The third-order valence-electron chi connectivity index (χ3n) is 5.13. The highest BCUT2D eigenvalue weighted by Gasteiger charge is 2.16. The number of carbonyl (C=O) groups excluding carboxylic acids is 1. The molecule has 0 saturated heterocycles. The molecule has 34 heavy (non-hydrogen) atoms. The smallest absolute Gasteiger partial charge is 0.310 e. The summed E-state index contributed by atoms with van der Waals surface area (Å²) < 4.78 is 14.0. The highest BCUT2D eigenvalue weighted by atomic mass is 79.9. The Labute approximate surface area is 203 Å². The average molecular weight is 525 g/mol. The van der Waals surface area contributed by atoms with Gasteiger partial charge in [-0.1, -0.05) is 24.3 Å². The van der Waals surface area contributed by atoms with Gasteiger partial charge in [0.2, 0.25) is 0 Å². The summed E-state index contributed by atoms with van der Waals surface area (Å²) in [6.45, 7) is 4.44. The number of hydrogen-bond donors (Lipinski definition) is 1. The molecule has 0 radical (unpaired) electrons. The first kappa shape index (κ1) is 23.2. The summed E-state index contributed by atoms with van der Waals surface area (Å²) in [5, 5.41) is 18.4. The number of anilines is 1. The molecular weight excluding hydrogens is 504 g/mol. The van der Waals surface area contributed by atoms with Crippen LogP contribution in [0.3, 0.4) is 0 Å². The Morgan fingerprint density at radius 1 is 1.18 bits per heavy atom. The van der Waals surface area contributed by atoms with Crippen molar-refractivity contribution < 1.29 is 18.9 Å². The topological polar surface area (TPSA) is 112 Å². The molecule has 0 atom stereocenters.